The topological polar surface area (TPSA) is 80.5 Å². The standard InChI is InChI=1S/C8H16N2O3S/c1-8(2,14(3,12)13)5-10-4-6(9)7(10)11/h6H,4-5,9H2,1-3H3. The van der Waals surface area contributed by atoms with Gasteiger partial charge in [0, 0.05) is 19.3 Å². The van der Waals surface area contributed by atoms with E-state index < -0.39 is 20.6 Å². The van der Waals surface area contributed by atoms with Crippen LogP contribution in [0.2, 0.25) is 0 Å². The van der Waals surface area contributed by atoms with Crippen LogP contribution < -0.4 is 5.73 Å². The van der Waals surface area contributed by atoms with E-state index in [0.29, 0.717) is 6.54 Å². The number of sulfone groups is 1. The van der Waals surface area contributed by atoms with E-state index in [1.807, 2.05) is 0 Å². The Morgan fingerprint density at radius 2 is 2.07 bits per heavy atom. The highest BCUT2D eigenvalue weighted by Crippen LogP contribution is 2.20. The minimum absolute atomic E-state index is 0.165. The van der Waals surface area contributed by atoms with Crippen LogP contribution in [0.5, 0.6) is 0 Å². The van der Waals surface area contributed by atoms with Gasteiger partial charge in [-0.05, 0) is 13.8 Å². The number of rotatable bonds is 3. The third kappa shape index (κ3) is 1.90. The maximum absolute atomic E-state index is 11.3. The molecule has 1 amide bonds. The van der Waals surface area contributed by atoms with E-state index in [9.17, 15) is 13.2 Å². The van der Waals surface area contributed by atoms with Crippen molar-refractivity contribution in [3.05, 3.63) is 0 Å². The van der Waals surface area contributed by atoms with Crippen LogP contribution >= 0.6 is 0 Å². The van der Waals surface area contributed by atoms with Gasteiger partial charge in [0.05, 0.1) is 4.75 Å². The van der Waals surface area contributed by atoms with Crippen LogP contribution in [0.15, 0.2) is 0 Å². The molecule has 0 radical (unpaired) electrons. The first-order valence-corrected chi connectivity index (χ1v) is 6.28. The Morgan fingerprint density at radius 1 is 1.57 bits per heavy atom. The van der Waals surface area contributed by atoms with Crippen LogP contribution in [0, 0.1) is 0 Å². The van der Waals surface area contributed by atoms with E-state index in [-0.39, 0.29) is 12.5 Å². The molecule has 0 aromatic heterocycles. The Hall–Kier alpha value is -0.620. The highest BCUT2D eigenvalue weighted by Gasteiger charge is 2.40. The molecule has 1 atom stereocenters. The monoisotopic (exact) mass is 220 g/mol. The van der Waals surface area contributed by atoms with Gasteiger partial charge in [0.1, 0.15) is 6.04 Å². The molecule has 0 spiro atoms. The second-order valence-electron chi connectivity index (χ2n) is 4.36. The number of carbonyl (C=O) groups is 1. The highest BCUT2D eigenvalue weighted by atomic mass is 32.2. The van der Waals surface area contributed by atoms with Gasteiger partial charge < -0.3 is 10.6 Å². The predicted octanol–water partition coefficient (Wildman–Crippen LogP) is -1.02. The molecule has 2 N–H and O–H groups in total. The summed E-state index contributed by atoms with van der Waals surface area (Å²) < 4.78 is 21.8. The van der Waals surface area contributed by atoms with Gasteiger partial charge in [0.15, 0.2) is 9.84 Å². The summed E-state index contributed by atoms with van der Waals surface area (Å²) in [6.45, 7) is 3.90. The van der Waals surface area contributed by atoms with Crippen molar-refractivity contribution >= 4 is 15.7 Å². The molecular weight excluding hydrogens is 204 g/mol. The van der Waals surface area contributed by atoms with Gasteiger partial charge in [-0.1, -0.05) is 0 Å². The minimum Gasteiger partial charge on any atom is -0.338 e. The molecule has 0 bridgehead atoms. The Balaban J connectivity index is 2.67. The van der Waals surface area contributed by atoms with Crippen LogP contribution in [0.25, 0.3) is 0 Å². The van der Waals surface area contributed by atoms with Crippen molar-refractivity contribution < 1.29 is 13.2 Å². The van der Waals surface area contributed by atoms with Gasteiger partial charge in [-0.15, -0.1) is 0 Å². The molecule has 0 aliphatic carbocycles. The quantitative estimate of drug-likeness (QED) is 0.617. The van der Waals surface area contributed by atoms with Crippen molar-refractivity contribution in [1.29, 1.82) is 0 Å². The second-order valence-corrected chi connectivity index (χ2v) is 7.01. The lowest BCUT2D eigenvalue weighted by Gasteiger charge is -2.40. The molecule has 1 rings (SSSR count). The predicted molar refractivity (Wildman–Crippen MR) is 53.5 cm³/mol. The number of likely N-dealkylation sites (tertiary alicyclic amines) is 1. The number of nitrogens with two attached hydrogens (primary N) is 1. The summed E-state index contributed by atoms with van der Waals surface area (Å²) in [5.41, 5.74) is 5.40. The molecule has 6 heteroatoms. The van der Waals surface area contributed by atoms with Gasteiger partial charge in [0.2, 0.25) is 5.91 Å². The molecule has 1 unspecified atom stereocenters. The fourth-order valence-corrected chi connectivity index (χ4v) is 1.64. The second kappa shape index (κ2) is 3.20. The largest absolute Gasteiger partial charge is 0.338 e. The van der Waals surface area contributed by atoms with Crippen molar-refractivity contribution in [2.24, 2.45) is 5.73 Å². The Bertz CT molecular complexity index is 348. The maximum Gasteiger partial charge on any atom is 0.241 e. The van der Waals surface area contributed by atoms with E-state index in [2.05, 4.69) is 0 Å². The smallest absolute Gasteiger partial charge is 0.241 e. The average molecular weight is 220 g/mol. The summed E-state index contributed by atoms with van der Waals surface area (Å²) in [4.78, 5) is 12.7. The summed E-state index contributed by atoms with van der Waals surface area (Å²) >= 11 is 0. The lowest BCUT2D eigenvalue weighted by atomic mass is 10.1. The van der Waals surface area contributed by atoms with Crippen molar-refractivity contribution in [1.82, 2.24) is 4.90 Å². The average Bonchev–Trinajstić information content (AvgIpc) is 2.01. The third-order valence-electron chi connectivity index (χ3n) is 2.62. The highest BCUT2D eigenvalue weighted by molar-refractivity contribution is 7.92. The fraction of sp³-hybridized carbons (Fsp3) is 0.875. The van der Waals surface area contributed by atoms with E-state index in [4.69, 9.17) is 5.73 Å². The first-order valence-electron chi connectivity index (χ1n) is 4.39. The van der Waals surface area contributed by atoms with Gasteiger partial charge in [-0.2, -0.15) is 0 Å². The Morgan fingerprint density at radius 3 is 2.36 bits per heavy atom. The molecule has 1 aliphatic heterocycles. The zero-order chi connectivity index (χ0) is 11.1. The zero-order valence-corrected chi connectivity index (χ0v) is 9.47. The molecule has 0 aromatic rings. The lowest BCUT2D eigenvalue weighted by Crippen LogP contribution is -2.64. The van der Waals surface area contributed by atoms with Crippen LogP contribution in [0.3, 0.4) is 0 Å². The molecule has 1 saturated heterocycles. The molecule has 1 fully saturated rings. The van der Waals surface area contributed by atoms with Gasteiger partial charge in [-0.25, -0.2) is 8.42 Å². The number of carbonyl (C=O) groups excluding carboxylic acids is 1. The van der Waals surface area contributed by atoms with Gasteiger partial charge in [0.25, 0.3) is 0 Å². The minimum atomic E-state index is -3.15. The number of hydrogen-bond acceptors (Lipinski definition) is 4. The summed E-state index contributed by atoms with van der Waals surface area (Å²) in [5.74, 6) is -0.165. The van der Waals surface area contributed by atoms with E-state index in [1.54, 1.807) is 13.8 Å². The van der Waals surface area contributed by atoms with Crippen molar-refractivity contribution in [3.63, 3.8) is 0 Å². The van der Waals surface area contributed by atoms with Crippen molar-refractivity contribution in [3.8, 4) is 0 Å². The fourth-order valence-electron chi connectivity index (χ4n) is 1.25. The first-order chi connectivity index (χ1) is 6.15. The molecule has 0 aromatic carbocycles. The van der Waals surface area contributed by atoms with E-state index >= 15 is 0 Å². The van der Waals surface area contributed by atoms with Crippen molar-refractivity contribution in [2.75, 3.05) is 19.3 Å². The summed E-state index contributed by atoms with van der Waals surface area (Å²) in [6, 6.07) is -0.439. The first kappa shape index (κ1) is 11.5. The maximum atomic E-state index is 11.3. The molecule has 1 heterocycles. The van der Waals surface area contributed by atoms with Gasteiger partial charge >= 0.3 is 0 Å². The molecule has 82 valence electrons. The molecule has 1 aliphatic rings. The molecule has 0 saturated carbocycles. The normalized spacial score (nSPS) is 23.6. The Kier molecular flexibility index (Phi) is 2.62. The van der Waals surface area contributed by atoms with Crippen LogP contribution in [-0.2, 0) is 14.6 Å². The summed E-state index contributed by atoms with van der Waals surface area (Å²) in [5, 5.41) is 0. The molecular formula is C8H16N2O3S. The lowest BCUT2D eigenvalue weighted by molar-refractivity contribution is -0.142. The van der Waals surface area contributed by atoms with Crippen LogP contribution in [0.1, 0.15) is 13.8 Å². The van der Waals surface area contributed by atoms with E-state index in [1.165, 1.54) is 11.2 Å². The summed E-state index contributed by atoms with van der Waals surface area (Å²) in [6.07, 6.45) is 1.18. The number of hydrogen-bond donors (Lipinski definition) is 1. The number of nitrogens with zero attached hydrogens (tertiary/aromatic N) is 1. The third-order valence-corrected chi connectivity index (χ3v) is 4.76. The SMILES string of the molecule is CC(C)(CN1CC(N)C1=O)S(C)(=O)=O. The molecule has 14 heavy (non-hydrogen) atoms. The van der Waals surface area contributed by atoms with Crippen molar-refractivity contribution in [2.45, 2.75) is 24.6 Å². The van der Waals surface area contributed by atoms with E-state index in [0.717, 1.165) is 0 Å². The van der Waals surface area contributed by atoms with Crippen LogP contribution in [-0.4, -0.2) is 49.4 Å². The number of amides is 1. The van der Waals surface area contributed by atoms with Crippen LogP contribution in [0.4, 0.5) is 0 Å². The number of β-lactam (4-membered cyclic amide) rings is 1. The zero-order valence-electron chi connectivity index (χ0n) is 8.65. The summed E-state index contributed by atoms with van der Waals surface area (Å²) in [7, 11) is -3.15. The molecule has 5 nitrogen and oxygen atoms in total. The van der Waals surface area contributed by atoms with Gasteiger partial charge in [-0.3, -0.25) is 4.79 Å². The Labute approximate surface area is 84.2 Å².